The highest BCUT2D eigenvalue weighted by atomic mass is 31.2. The fourth-order valence-corrected chi connectivity index (χ4v) is 4.48. The molecule has 0 aromatic carbocycles. The Morgan fingerprint density at radius 2 is 1.97 bits per heavy atom. The maximum Gasteiger partial charge on any atom is 0.474 e. The quantitative estimate of drug-likeness (QED) is 0.295. The van der Waals surface area contributed by atoms with Crippen molar-refractivity contribution in [3.63, 3.8) is 0 Å². The number of ether oxygens (including phenoxy) is 4. The highest BCUT2D eigenvalue weighted by molar-refractivity contribution is 7.48. The summed E-state index contributed by atoms with van der Waals surface area (Å²) in [5.41, 5.74) is 5.72. The summed E-state index contributed by atoms with van der Waals surface area (Å²) >= 11 is 0. The van der Waals surface area contributed by atoms with Gasteiger partial charge in [-0.2, -0.15) is 4.57 Å². The van der Waals surface area contributed by atoms with E-state index in [9.17, 15) is 9.36 Å². The van der Waals surface area contributed by atoms with Crippen LogP contribution in [0.2, 0.25) is 0 Å². The summed E-state index contributed by atoms with van der Waals surface area (Å²) in [7, 11) is -0.954. The number of methoxy groups -OCH3 is 1. The van der Waals surface area contributed by atoms with Gasteiger partial charge in [0.25, 0.3) is 12.1 Å². The number of nitrogens with two attached hydrogens (primary N) is 1. The first-order chi connectivity index (χ1) is 14.7. The Bertz CT molecular complexity index is 821. The molecule has 0 aliphatic carbocycles. The van der Waals surface area contributed by atoms with Gasteiger partial charge >= 0.3 is 7.82 Å². The standard InChI is InChI=1S/C19H29N2O9P/c1-19(2)29-15-14(12-27-31(23,25-4)26-10-6-9-24-3)28-18(16(15)30-19)21-8-5-7-13(11-21)17(20)22/h5,7-8,11,14-16,18H,6,9-10,12H2,1-4H3,(H-,20,22)/p+1. The fraction of sp³-hybridized carbons (Fsp3) is 0.684. The first-order valence-electron chi connectivity index (χ1n) is 9.93. The van der Waals surface area contributed by atoms with Crippen LogP contribution in [0.4, 0.5) is 0 Å². The van der Waals surface area contributed by atoms with E-state index in [4.69, 9.17) is 38.3 Å². The Kier molecular flexibility index (Phi) is 7.82. The second-order valence-corrected chi connectivity index (χ2v) is 9.42. The largest absolute Gasteiger partial charge is 0.474 e. The number of rotatable bonds is 11. The number of aromatic nitrogens is 1. The molecule has 11 nitrogen and oxygen atoms in total. The summed E-state index contributed by atoms with van der Waals surface area (Å²) in [6, 6.07) is 3.30. The van der Waals surface area contributed by atoms with Crippen LogP contribution in [-0.4, -0.2) is 64.0 Å². The van der Waals surface area contributed by atoms with Crippen molar-refractivity contribution in [3.05, 3.63) is 30.1 Å². The average molecular weight is 461 g/mol. The highest BCUT2D eigenvalue weighted by Crippen LogP contribution is 2.50. The molecule has 2 fully saturated rings. The maximum atomic E-state index is 12.7. The predicted molar refractivity (Wildman–Crippen MR) is 106 cm³/mol. The lowest BCUT2D eigenvalue weighted by Crippen LogP contribution is -2.46. The summed E-state index contributed by atoms with van der Waals surface area (Å²) < 4.78 is 53.2. The number of phosphoric acid groups is 1. The van der Waals surface area contributed by atoms with Crippen molar-refractivity contribution in [1.29, 1.82) is 0 Å². The molecule has 3 rings (SSSR count). The molecule has 0 saturated carbocycles. The first kappa shape index (κ1) is 24.2. The molecule has 2 aliphatic rings. The van der Waals surface area contributed by atoms with E-state index < -0.39 is 44.1 Å². The number of nitrogens with zero attached hydrogens (tertiary/aromatic N) is 1. The number of phosphoric ester groups is 1. The van der Waals surface area contributed by atoms with E-state index in [0.717, 1.165) is 0 Å². The Labute approximate surface area is 181 Å². The minimum absolute atomic E-state index is 0.109. The normalized spacial score (nSPS) is 28.9. The van der Waals surface area contributed by atoms with Crippen LogP contribution < -0.4 is 10.3 Å². The molecule has 5 atom stereocenters. The molecule has 0 radical (unpaired) electrons. The molecular weight excluding hydrogens is 431 g/mol. The molecule has 3 heterocycles. The molecule has 31 heavy (non-hydrogen) atoms. The molecule has 2 N–H and O–H groups in total. The lowest BCUT2D eigenvalue weighted by atomic mass is 10.1. The molecule has 174 valence electrons. The smallest absolute Gasteiger partial charge is 0.385 e. The van der Waals surface area contributed by atoms with Crippen molar-refractivity contribution >= 4 is 13.7 Å². The average Bonchev–Trinajstić information content (AvgIpc) is 3.23. The second-order valence-electron chi connectivity index (χ2n) is 7.64. The number of carbonyl (C=O) groups excluding carboxylic acids is 1. The summed E-state index contributed by atoms with van der Waals surface area (Å²) in [5, 5.41) is 0. The fourth-order valence-electron chi connectivity index (χ4n) is 3.52. The van der Waals surface area contributed by atoms with Crippen molar-refractivity contribution in [1.82, 2.24) is 0 Å². The van der Waals surface area contributed by atoms with Gasteiger partial charge in [0.2, 0.25) is 0 Å². The van der Waals surface area contributed by atoms with E-state index in [1.807, 2.05) is 0 Å². The van der Waals surface area contributed by atoms with E-state index in [-0.39, 0.29) is 13.2 Å². The minimum Gasteiger partial charge on any atom is -0.385 e. The van der Waals surface area contributed by atoms with Gasteiger partial charge < -0.3 is 24.7 Å². The number of hydrogen-bond acceptors (Lipinski definition) is 9. The number of carbonyl (C=O) groups is 1. The SMILES string of the molecule is COCCCOP(=O)(OC)OCC1OC([n+]2cccc(C(N)=O)c2)C2OC(C)(C)OC12. The van der Waals surface area contributed by atoms with Crippen molar-refractivity contribution in [2.45, 2.75) is 50.6 Å². The van der Waals surface area contributed by atoms with Gasteiger partial charge in [-0.3, -0.25) is 18.4 Å². The zero-order valence-electron chi connectivity index (χ0n) is 18.1. The van der Waals surface area contributed by atoms with E-state index in [0.29, 0.717) is 18.6 Å². The number of primary amides is 1. The van der Waals surface area contributed by atoms with Crippen molar-refractivity contribution in [2.75, 3.05) is 34.0 Å². The monoisotopic (exact) mass is 461 g/mol. The zero-order valence-corrected chi connectivity index (χ0v) is 19.0. The van der Waals surface area contributed by atoms with Crippen molar-refractivity contribution < 1.29 is 46.4 Å². The Morgan fingerprint density at radius 3 is 2.65 bits per heavy atom. The van der Waals surface area contributed by atoms with Crippen LogP contribution in [0.1, 0.15) is 36.9 Å². The number of hydrogen-bond donors (Lipinski definition) is 1. The Balaban J connectivity index is 1.72. The van der Waals surface area contributed by atoms with Gasteiger partial charge in [-0.05, 0) is 26.3 Å². The Morgan fingerprint density at radius 1 is 1.23 bits per heavy atom. The molecule has 1 aromatic rings. The zero-order chi connectivity index (χ0) is 22.6. The molecule has 0 spiro atoms. The van der Waals surface area contributed by atoms with Crippen LogP contribution in [-0.2, 0) is 37.1 Å². The third-order valence-corrected chi connectivity index (χ3v) is 6.30. The van der Waals surface area contributed by atoms with Gasteiger partial charge in [0.1, 0.15) is 17.8 Å². The number of fused-ring (bicyclic) bond motifs is 1. The predicted octanol–water partition coefficient (Wildman–Crippen LogP) is 1.31. The molecule has 2 saturated heterocycles. The number of amides is 1. The summed E-state index contributed by atoms with van der Waals surface area (Å²) in [4.78, 5) is 11.6. The molecule has 12 heteroatoms. The van der Waals surface area contributed by atoms with Crippen molar-refractivity contribution in [3.8, 4) is 0 Å². The van der Waals surface area contributed by atoms with Crippen LogP contribution in [0, 0.1) is 0 Å². The van der Waals surface area contributed by atoms with Gasteiger partial charge in [0, 0.05) is 26.9 Å². The highest BCUT2D eigenvalue weighted by Gasteiger charge is 2.59. The van der Waals surface area contributed by atoms with E-state index in [1.165, 1.54) is 7.11 Å². The van der Waals surface area contributed by atoms with E-state index >= 15 is 0 Å². The summed E-state index contributed by atoms with van der Waals surface area (Å²) in [6.07, 6.45) is 1.66. The van der Waals surface area contributed by atoms with Gasteiger partial charge in [0.15, 0.2) is 24.3 Å². The van der Waals surface area contributed by atoms with Crippen LogP contribution in [0.5, 0.6) is 0 Å². The maximum absolute atomic E-state index is 12.7. The van der Waals surface area contributed by atoms with Crippen LogP contribution >= 0.6 is 7.82 Å². The van der Waals surface area contributed by atoms with Gasteiger partial charge in [-0.1, -0.05) is 0 Å². The summed E-state index contributed by atoms with van der Waals surface area (Å²) in [6.45, 7) is 4.10. The van der Waals surface area contributed by atoms with Gasteiger partial charge in [-0.15, -0.1) is 0 Å². The molecule has 1 amide bonds. The molecular formula is C19H30N2O9P+. The third kappa shape index (κ3) is 5.88. The van der Waals surface area contributed by atoms with Crippen LogP contribution in [0.15, 0.2) is 24.5 Å². The van der Waals surface area contributed by atoms with Crippen LogP contribution in [0.25, 0.3) is 0 Å². The second kappa shape index (κ2) is 10.0. The van der Waals surface area contributed by atoms with Crippen molar-refractivity contribution in [2.24, 2.45) is 5.73 Å². The third-order valence-electron chi connectivity index (χ3n) is 4.89. The van der Waals surface area contributed by atoms with E-state index in [2.05, 4.69) is 0 Å². The lowest BCUT2D eigenvalue weighted by molar-refractivity contribution is -0.766. The Hall–Kier alpha value is -1.43. The summed E-state index contributed by atoms with van der Waals surface area (Å²) in [5.74, 6) is -1.40. The molecule has 0 bridgehead atoms. The van der Waals surface area contributed by atoms with Crippen LogP contribution in [0.3, 0.4) is 0 Å². The van der Waals surface area contributed by atoms with E-state index in [1.54, 1.807) is 50.1 Å². The first-order valence-corrected chi connectivity index (χ1v) is 11.4. The van der Waals surface area contributed by atoms with Gasteiger partial charge in [-0.25, -0.2) is 4.57 Å². The minimum atomic E-state index is -3.77. The van der Waals surface area contributed by atoms with Gasteiger partial charge in [0.05, 0.1) is 13.2 Å². The number of pyridine rings is 1. The lowest BCUT2D eigenvalue weighted by Gasteiger charge is -2.23. The molecule has 1 aromatic heterocycles. The molecule has 2 aliphatic heterocycles. The molecule has 5 unspecified atom stereocenters. The topological polar surface area (TPSA) is 129 Å².